The lowest BCUT2D eigenvalue weighted by atomic mass is 10.1. The van der Waals surface area contributed by atoms with Crippen molar-refractivity contribution in [2.45, 2.75) is 26.3 Å². The Hall–Kier alpha value is -4.78. The van der Waals surface area contributed by atoms with E-state index in [0.717, 1.165) is 17.3 Å². The van der Waals surface area contributed by atoms with E-state index in [2.05, 4.69) is 30.9 Å². The summed E-state index contributed by atoms with van der Waals surface area (Å²) in [4.78, 5) is 41.3. The van der Waals surface area contributed by atoms with E-state index in [9.17, 15) is 18.4 Å². The Morgan fingerprint density at radius 3 is 2.64 bits per heavy atom. The summed E-state index contributed by atoms with van der Waals surface area (Å²) in [5.41, 5.74) is 2.38. The van der Waals surface area contributed by atoms with Gasteiger partial charge < -0.3 is 35.5 Å². The molecule has 0 bridgehead atoms. The largest absolute Gasteiger partial charge is 0.495 e. The maximum atomic E-state index is 14.8. The Morgan fingerprint density at radius 1 is 1.14 bits per heavy atom. The number of aromatic amines is 1. The number of benzene rings is 2. The molecule has 3 aliphatic heterocycles. The number of fused-ring (bicyclic) bond motifs is 2. The van der Waals surface area contributed by atoms with Gasteiger partial charge in [0.15, 0.2) is 0 Å². The smallest absolute Gasteiger partial charge is 0.256 e. The van der Waals surface area contributed by atoms with Crippen molar-refractivity contribution < 1.29 is 23.1 Å². The summed E-state index contributed by atoms with van der Waals surface area (Å²) in [5, 5.41) is 8.77. The van der Waals surface area contributed by atoms with Crippen LogP contribution in [0.25, 0.3) is 11.4 Å². The summed E-state index contributed by atoms with van der Waals surface area (Å²) < 4.78 is 34.8. The van der Waals surface area contributed by atoms with Crippen molar-refractivity contribution in [2.24, 2.45) is 0 Å². The fraction of sp³-hybridized carbons (Fsp3) is 0.310. The van der Waals surface area contributed by atoms with E-state index >= 15 is 0 Å². The molecule has 0 saturated heterocycles. The SMILES string of the molecule is COc1cc2c(cc1Nc1nc(Nc3cc(F)cc(F)c3C(=O)NC(C)C)c3ccnc-3[nH]1)N(C(=O)CN(C)C)CC2. The summed E-state index contributed by atoms with van der Waals surface area (Å²) in [6.45, 7) is 4.31. The van der Waals surface area contributed by atoms with Gasteiger partial charge in [-0.25, -0.2) is 13.8 Å². The normalized spacial score (nSPS) is 12.6. The van der Waals surface area contributed by atoms with Gasteiger partial charge in [0, 0.05) is 30.5 Å². The second-order valence-electron chi connectivity index (χ2n) is 10.5. The number of methoxy groups -OCH3 is 1. The third kappa shape index (κ3) is 5.81. The zero-order valence-corrected chi connectivity index (χ0v) is 23.9. The van der Waals surface area contributed by atoms with Gasteiger partial charge >= 0.3 is 0 Å². The molecule has 42 heavy (non-hydrogen) atoms. The van der Waals surface area contributed by atoms with E-state index in [4.69, 9.17) is 4.74 Å². The van der Waals surface area contributed by atoms with Crippen LogP contribution in [0.15, 0.2) is 36.5 Å². The molecular formula is C29H32F2N8O3. The zero-order chi connectivity index (χ0) is 30.1. The Bertz CT molecular complexity index is 1620. The molecule has 11 nitrogen and oxygen atoms in total. The number of aromatic nitrogens is 3. The lowest BCUT2D eigenvalue weighted by Gasteiger charge is -2.21. The van der Waals surface area contributed by atoms with Gasteiger partial charge in [0.05, 0.1) is 36.2 Å². The molecule has 4 N–H and O–H groups in total. The van der Waals surface area contributed by atoms with Gasteiger partial charge in [-0.1, -0.05) is 0 Å². The van der Waals surface area contributed by atoms with Gasteiger partial charge in [-0.3, -0.25) is 9.59 Å². The lowest BCUT2D eigenvalue weighted by molar-refractivity contribution is -0.119. The van der Waals surface area contributed by atoms with Gasteiger partial charge in [-0.15, -0.1) is 0 Å². The van der Waals surface area contributed by atoms with Crippen LogP contribution < -0.4 is 25.6 Å². The summed E-state index contributed by atoms with van der Waals surface area (Å²) in [6.07, 6.45) is 2.25. The Balaban J connectivity index is 1.52. The van der Waals surface area contributed by atoms with Gasteiger partial charge in [0.1, 0.15) is 29.0 Å². The van der Waals surface area contributed by atoms with Crippen LogP contribution in [-0.4, -0.2) is 72.0 Å². The summed E-state index contributed by atoms with van der Waals surface area (Å²) in [7, 11) is 5.23. The minimum Gasteiger partial charge on any atom is -0.495 e. The second kappa shape index (κ2) is 11.6. The molecule has 0 fully saturated rings. The van der Waals surface area contributed by atoms with Crippen LogP contribution in [0.4, 0.5) is 37.6 Å². The predicted molar refractivity (Wildman–Crippen MR) is 156 cm³/mol. The van der Waals surface area contributed by atoms with Crippen molar-refractivity contribution in [3.63, 3.8) is 0 Å². The van der Waals surface area contributed by atoms with E-state index in [1.807, 2.05) is 31.1 Å². The summed E-state index contributed by atoms with van der Waals surface area (Å²) in [5.74, 6) is -1.17. The van der Waals surface area contributed by atoms with Crippen molar-refractivity contribution >= 4 is 40.6 Å². The summed E-state index contributed by atoms with van der Waals surface area (Å²) in [6, 6.07) is 6.82. The van der Waals surface area contributed by atoms with Gasteiger partial charge in [0.25, 0.3) is 5.91 Å². The molecule has 0 aromatic heterocycles. The average Bonchev–Trinajstić information content (AvgIpc) is 3.54. The monoisotopic (exact) mass is 578 g/mol. The van der Waals surface area contributed by atoms with Crippen molar-refractivity contribution in [3.05, 3.63) is 59.3 Å². The molecule has 5 rings (SSSR count). The Labute approximate surface area is 241 Å². The summed E-state index contributed by atoms with van der Waals surface area (Å²) >= 11 is 0. The van der Waals surface area contributed by atoms with E-state index in [0.29, 0.717) is 41.9 Å². The Morgan fingerprint density at radius 2 is 1.93 bits per heavy atom. The fourth-order valence-electron chi connectivity index (χ4n) is 4.88. The van der Waals surface area contributed by atoms with Crippen LogP contribution in [-0.2, 0) is 11.2 Å². The van der Waals surface area contributed by atoms with Crippen molar-refractivity contribution in [2.75, 3.05) is 49.8 Å². The number of hydrogen-bond acceptors (Lipinski definition) is 8. The molecule has 0 atom stereocenters. The average molecular weight is 579 g/mol. The molecular weight excluding hydrogens is 546 g/mol. The van der Waals surface area contributed by atoms with Crippen LogP contribution in [0.3, 0.4) is 0 Å². The number of hydrogen-bond donors (Lipinski definition) is 4. The Kier molecular flexibility index (Phi) is 7.94. The fourth-order valence-corrected chi connectivity index (χ4v) is 4.88. The number of ether oxygens (including phenoxy) is 1. The maximum Gasteiger partial charge on any atom is 0.256 e. The lowest BCUT2D eigenvalue weighted by Crippen LogP contribution is -2.36. The zero-order valence-electron chi connectivity index (χ0n) is 23.9. The third-order valence-corrected chi connectivity index (χ3v) is 6.67. The molecule has 2 amide bonds. The number of likely N-dealkylation sites (N-methyl/N-ethyl adjacent to an activating group) is 1. The van der Waals surface area contributed by atoms with E-state index in [1.165, 1.54) is 0 Å². The first-order valence-electron chi connectivity index (χ1n) is 13.4. The van der Waals surface area contributed by atoms with Crippen LogP contribution >= 0.6 is 0 Å². The first-order valence-corrected chi connectivity index (χ1v) is 13.4. The van der Waals surface area contributed by atoms with Crippen LogP contribution in [0.5, 0.6) is 5.75 Å². The molecule has 13 heteroatoms. The molecule has 3 heterocycles. The van der Waals surface area contributed by atoms with E-state index in [1.54, 1.807) is 38.1 Å². The predicted octanol–water partition coefficient (Wildman–Crippen LogP) is 4.27. The van der Waals surface area contributed by atoms with Crippen molar-refractivity contribution in [1.82, 2.24) is 25.2 Å². The van der Waals surface area contributed by atoms with Gasteiger partial charge in [-0.2, -0.15) is 4.98 Å². The number of nitrogens with one attached hydrogen (secondary N) is 4. The number of anilines is 5. The standard InChI is InChI=1S/C29H32F2N8O3/c1-15(2)33-28(41)25-19(31)11-17(30)12-21(25)34-27-18-6-8-32-26(18)36-29(37-27)35-20-13-22-16(10-23(20)42-5)7-9-39(22)24(40)14-38(3)4/h6,8,10-13,15H,7,9,14H2,1-5H3,(H,33,41)(H3,32,34,35,36,37). The maximum absolute atomic E-state index is 14.8. The number of halogens is 2. The van der Waals surface area contributed by atoms with Crippen LogP contribution in [0.2, 0.25) is 0 Å². The number of rotatable bonds is 9. The number of H-pyrrole nitrogens is 1. The molecule has 0 saturated carbocycles. The highest BCUT2D eigenvalue weighted by Gasteiger charge is 2.27. The molecule has 2 aromatic rings. The molecule has 0 unspecified atom stereocenters. The quantitative estimate of drug-likeness (QED) is 0.232. The minimum atomic E-state index is -1.01. The minimum absolute atomic E-state index is 0.0203. The van der Waals surface area contributed by atoms with Crippen molar-refractivity contribution in [1.29, 1.82) is 0 Å². The number of carbonyl (C=O) groups is 2. The number of amides is 2. The topological polar surface area (TPSA) is 128 Å². The molecule has 0 radical (unpaired) electrons. The first kappa shape index (κ1) is 28.7. The van der Waals surface area contributed by atoms with Crippen molar-refractivity contribution in [3.8, 4) is 17.1 Å². The van der Waals surface area contributed by atoms with E-state index < -0.39 is 17.5 Å². The van der Waals surface area contributed by atoms with E-state index in [-0.39, 0.29) is 41.5 Å². The van der Waals surface area contributed by atoms with Crippen LogP contribution in [0.1, 0.15) is 29.8 Å². The van der Waals surface area contributed by atoms with Crippen LogP contribution in [0, 0.1) is 11.6 Å². The molecule has 0 spiro atoms. The highest BCUT2D eigenvalue weighted by molar-refractivity contribution is 6.01. The highest BCUT2D eigenvalue weighted by atomic mass is 19.1. The number of carbonyl (C=O) groups excluding carboxylic acids is 2. The molecule has 2 aromatic carbocycles. The van der Waals surface area contributed by atoms with Gasteiger partial charge in [-0.05, 0) is 64.2 Å². The highest BCUT2D eigenvalue weighted by Crippen LogP contribution is 2.39. The molecule has 3 aliphatic rings. The third-order valence-electron chi connectivity index (χ3n) is 6.67. The molecule has 220 valence electrons. The number of nitrogens with zero attached hydrogens (tertiary/aromatic N) is 4. The molecule has 0 aliphatic carbocycles. The first-order chi connectivity index (χ1) is 20.0. The second-order valence-corrected chi connectivity index (χ2v) is 10.5. The van der Waals surface area contributed by atoms with Gasteiger partial charge in [0.2, 0.25) is 11.9 Å².